The van der Waals surface area contributed by atoms with Crippen LogP contribution in [0.2, 0.25) is 0 Å². The fourth-order valence-corrected chi connectivity index (χ4v) is 5.04. The van der Waals surface area contributed by atoms with E-state index in [9.17, 15) is 19.2 Å². The number of esters is 1. The highest BCUT2D eigenvalue weighted by Gasteiger charge is 2.42. The molecule has 3 heterocycles. The highest BCUT2D eigenvalue weighted by Crippen LogP contribution is 2.41. The number of aromatic nitrogens is 1. The van der Waals surface area contributed by atoms with Crippen molar-refractivity contribution in [3.8, 4) is 5.75 Å². The van der Waals surface area contributed by atoms with Crippen LogP contribution >= 0.6 is 11.3 Å². The lowest BCUT2D eigenvalue weighted by Crippen LogP contribution is -2.45. The lowest BCUT2D eigenvalue weighted by Gasteiger charge is -2.22. The summed E-state index contributed by atoms with van der Waals surface area (Å²) in [5.74, 6) is -1.35. The Balaban J connectivity index is 1.62. The van der Waals surface area contributed by atoms with Crippen LogP contribution in [0.15, 0.2) is 36.4 Å². The number of pyridine rings is 1. The van der Waals surface area contributed by atoms with Gasteiger partial charge in [-0.05, 0) is 25.8 Å². The monoisotopic (exact) mass is 511 g/mol. The first-order valence-electron chi connectivity index (χ1n) is 11.3. The van der Waals surface area contributed by atoms with Gasteiger partial charge in [-0.15, -0.1) is 11.3 Å². The first-order valence-corrected chi connectivity index (χ1v) is 12.1. The first-order chi connectivity index (χ1) is 17.3. The topological polar surface area (TPSA) is 124 Å². The van der Waals surface area contributed by atoms with Gasteiger partial charge >= 0.3 is 12.1 Å². The van der Waals surface area contributed by atoms with Crippen LogP contribution in [0, 0.1) is 6.92 Å². The van der Waals surface area contributed by atoms with Crippen molar-refractivity contribution in [2.75, 3.05) is 19.0 Å². The van der Waals surface area contributed by atoms with E-state index in [2.05, 4.69) is 10.3 Å². The maximum atomic E-state index is 13.4. The number of imide groups is 1. The van der Waals surface area contributed by atoms with E-state index >= 15 is 0 Å². The van der Waals surface area contributed by atoms with Gasteiger partial charge in [0.1, 0.15) is 28.1 Å². The standard InChI is InChI=1S/C25H25N3O7S/c1-4-34-24(31)21-20(19-17(33-3)12-14(2)26-23(19)36-21)27-22(30)16-10-11-18(29)28(16)25(32)35-13-15-8-6-5-7-9-15/h5-9,12,16H,4,10-11,13H2,1-3H3,(H,27,30)/t16-/m1/s1. The van der Waals surface area contributed by atoms with Gasteiger partial charge in [0.05, 0.1) is 24.8 Å². The second-order valence-electron chi connectivity index (χ2n) is 8.02. The Labute approximate surface area is 211 Å². The maximum absolute atomic E-state index is 13.4. The molecule has 4 rings (SSSR count). The number of carbonyl (C=O) groups excluding carboxylic acids is 4. The van der Waals surface area contributed by atoms with Crippen molar-refractivity contribution < 1.29 is 33.4 Å². The first kappa shape index (κ1) is 25.1. The molecule has 10 nitrogen and oxygen atoms in total. The minimum atomic E-state index is -1.10. The van der Waals surface area contributed by atoms with Gasteiger partial charge in [0.25, 0.3) is 0 Å². The van der Waals surface area contributed by atoms with Gasteiger partial charge in [0.2, 0.25) is 11.8 Å². The van der Waals surface area contributed by atoms with Gasteiger partial charge in [0, 0.05) is 18.2 Å². The van der Waals surface area contributed by atoms with E-state index in [-0.39, 0.29) is 36.6 Å². The van der Waals surface area contributed by atoms with E-state index in [0.29, 0.717) is 21.7 Å². The molecule has 36 heavy (non-hydrogen) atoms. The van der Waals surface area contributed by atoms with Crippen molar-refractivity contribution in [3.63, 3.8) is 0 Å². The van der Waals surface area contributed by atoms with E-state index in [0.717, 1.165) is 21.8 Å². The van der Waals surface area contributed by atoms with E-state index in [4.69, 9.17) is 14.2 Å². The summed E-state index contributed by atoms with van der Waals surface area (Å²) in [6.45, 7) is 3.56. The van der Waals surface area contributed by atoms with Gasteiger partial charge < -0.3 is 19.5 Å². The molecule has 1 aromatic carbocycles. The molecular weight excluding hydrogens is 486 g/mol. The number of likely N-dealkylation sites (tertiary alicyclic amines) is 1. The average molecular weight is 512 g/mol. The number of benzene rings is 1. The third-order valence-corrected chi connectivity index (χ3v) is 6.66. The van der Waals surface area contributed by atoms with E-state index in [1.54, 1.807) is 44.2 Å². The van der Waals surface area contributed by atoms with Crippen LogP contribution in [0.25, 0.3) is 10.2 Å². The molecule has 0 bridgehead atoms. The highest BCUT2D eigenvalue weighted by molar-refractivity contribution is 7.21. The van der Waals surface area contributed by atoms with Gasteiger partial charge in [-0.1, -0.05) is 30.3 Å². The Morgan fingerprint density at radius 2 is 1.94 bits per heavy atom. The zero-order valence-electron chi connectivity index (χ0n) is 20.0. The zero-order valence-corrected chi connectivity index (χ0v) is 20.8. The van der Waals surface area contributed by atoms with Crippen LogP contribution in [-0.2, 0) is 25.7 Å². The van der Waals surface area contributed by atoms with E-state index < -0.39 is 29.9 Å². The molecule has 188 valence electrons. The Bertz CT molecular complexity index is 1320. The van der Waals surface area contributed by atoms with Gasteiger partial charge in [0.15, 0.2) is 0 Å². The molecule has 1 aliphatic rings. The number of carbonyl (C=O) groups is 4. The van der Waals surface area contributed by atoms with Crippen LogP contribution in [0.1, 0.15) is 40.7 Å². The summed E-state index contributed by atoms with van der Waals surface area (Å²) in [5.41, 5.74) is 1.58. The summed E-state index contributed by atoms with van der Waals surface area (Å²) in [4.78, 5) is 57.2. The molecule has 0 radical (unpaired) electrons. The minimum absolute atomic E-state index is 0.0116. The van der Waals surface area contributed by atoms with Crippen molar-refractivity contribution in [1.82, 2.24) is 9.88 Å². The van der Waals surface area contributed by atoms with E-state index in [1.807, 2.05) is 6.07 Å². The molecule has 0 spiro atoms. The lowest BCUT2D eigenvalue weighted by molar-refractivity contribution is -0.131. The van der Waals surface area contributed by atoms with Gasteiger partial charge in [-0.2, -0.15) is 0 Å². The van der Waals surface area contributed by atoms with Crippen LogP contribution in [-0.4, -0.2) is 53.5 Å². The molecule has 2 aromatic heterocycles. The zero-order chi connectivity index (χ0) is 25.8. The number of fused-ring (bicyclic) bond motifs is 1. The molecule has 0 aliphatic carbocycles. The smallest absolute Gasteiger partial charge is 0.417 e. The quantitative estimate of drug-likeness (QED) is 0.471. The number of ether oxygens (including phenoxy) is 3. The van der Waals surface area contributed by atoms with Crippen LogP contribution < -0.4 is 10.1 Å². The number of anilines is 1. The van der Waals surface area contributed by atoms with Crippen LogP contribution in [0.4, 0.5) is 10.5 Å². The molecule has 1 atom stereocenters. The van der Waals surface area contributed by atoms with Crippen LogP contribution in [0.5, 0.6) is 5.75 Å². The van der Waals surface area contributed by atoms with Gasteiger partial charge in [-0.25, -0.2) is 19.5 Å². The second-order valence-corrected chi connectivity index (χ2v) is 9.02. The number of rotatable bonds is 7. The molecule has 1 N–H and O–H groups in total. The SMILES string of the molecule is CCOC(=O)c1sc2nc(C)cc(OC)c2c1NC(=O)[C@H]1CCC(=O)N1C(=O)OCc1ccccc1. The molecule has 0 unspecified atom stereocenters. The number of aryl methyl sites for hydroxylation is 1. The third kappa shape index (κ3) is 5.01. The Morgan fingerprint density at radius 1 is 1.19 bits per heavy atom. The van der Waals surface area contributed by atoms with Crippen molar-refractivity contribution in [2.45, 2.75) is 39.3 Å². The Morgan fingerprint density at radius 3 is 2.64 bits per heavy atom. The van der Waals surface area contributed by atoms with Crippen molar-refractivity contribution >= 4 is 51.1 Å². The predicted octanol–water partition coefficient (Wildman–Crippen LogP) is 4.06. The lowest BCUT2D eigenvalue weighted by atomic mass is 10.1. The Kier molecular flexibility index (Phi) is 7.49. The molecule has 1 aliphatic heterocycles. The average Bonchev–Trinajstić information content (AvgIpc) is 3.43. The summed E-state index contributed by atoms with van der Waals surface area (Å²) in [7, 11) is 1.47. The molecule has 11 heteroatoms. The largest absolute Gasteiger partial charge is 0.496 e. The van der Waals surface area contributed by atoms with Gasteiger partial charge in [-0.3, -0.25) is 9.59 Å². The number of nitrogens with zero attached hydrogens (tertiary/aromatic N) is 2. The molecule has 3 aromatic rings. The number of methoxy groups -OCH3 is 1. The minimum Gasteiger partial charge on any atom is -0.496 e. The normalized spacial score (nSPS) is 15.1. The van der Waals surface area contributed by atoms with Crippen LogP contribution in [0.3, 0.4) is 0 Å². The summed E-state index contributed by atoms with van der Waals surface area (Å²) in [5, 5.41) is 3.17. The molecule has 0 saturated carbocycles. The highest BCUT2D eigenvalue weighted by atomic mass is 32.1. The number of nitrogens with one attached hydrogen (secondary N) is 1. The van der Waals surface area contributed by atoms with E-state index in [1.165, 1.54) is 7.11 Å². The molecular formula is C25H25N3O7S. The summed E-state index contributed by atoms with van der Waals surface area (Å²) >= 11 is 1.06. The second kappa shape index (κ2) is 10.7. The molecule has 3 amide bonds. The summed E-state index contributed by atoms with van der Waals surface area (Å²) < 4.78 is 16.0. The fourth-order valence-electron chi connectivity index (χ4n) is 3.96. The number of thiophene rings is 1. The fraction of sp³-hybridized carbons (Fsp3) is 0.320. The van der Waals surface area contributed by atoms with Crippen molar-refractivity contribution in [1.29, 1.82) is 0 Å². The number of amides is 3. The van der Waals surface area contributed by atoms with Crippen molar-refractivity contribution in [3.05, 3.63) is 52.5 Å². The van der Waals surface area contributed by atoms with Crippen molar-refractivity contribution in [2.24, 2.45) is 0 Å². The number of hydrogen-bond acceptors (Lipinski definition) is 9. The molecule has 1 fully saturated rings. The summed E-state index contributed by atoms with van der Waals surface area (Å²) in [6.07, 6.45) is -0.772. The predicted molar refractivity (Wildman–Crippen MR) is 132 cm³/mol. The maximum Gasteiger partial charge on any atom is 0.417 e. The third-order valence-electron chi connectivity index (χ3n) is 5.60. The Hall–Kier alpha value is -3.99. The number of hydrogen-bond donors (Lipinski definition) is 1. The summed E-state index contributed by atoms with van der Waals surface area (Å²) in [6, 6.07) is 9.59. The molecule has 1 saturated heterocycles.